The molecule has 0 bridgehead atoms. The number of amides is 1. The SMILES string of the molecule is COCCNC(=O)c1cnc(N(C)C)nc1C1CCN(Cc2cccnc2)C1. The summed E-state index contributed by atoms with van der Waals surface area (Å²) in [6.45, 7) is 3.61. The summed E-state index contributed by atoms with van der Waals surface area (Å²) in [4.78, 5) is 30.2. The van der Waals surface area contributed by atoms with Gasteiger partial charge >= 0.3 is 0 Å². The topological polar surface area (TPSA) is 83.5 Å². The van der Waals surface area contributed by atoms with Crippen LogP contribution in [0.4, 0.5) is 5.95 Å². The van der Waals surface area contributed by atoms with E-state index < -0.39 is 0 Å². The first-order valence-electron chi connectivity index (χ1n) is 9.51. The van der Waals surface area contributed by atoms with Crippen molar-refractivity contribution in [2.75, 3.05) is 52.3 Å². The molecule has 1 fully saturated rings. The molecular formula is C20H28N6O2. The molecule has 1 N–H and O–H groups in total. The average Bonchev–Trinajstić information content (AvgIpc) is 3.16. The summed E-state index contributed by atoms with van der Waals surface area (Å²) in [7, 11) is 5.42. The van der Waals surface area contributed by atoms with E-state index in [1.54, 1.807) is 19.5 Å². The van der Waals surface area contributed by atoms with Gasteiger partial charge in [-0.25, -0.2) is 9.97 Å². The van der Waals surface area contributed by atoms with Gasteiger partial charge < -0.3 is 15.0 Å². The van der Waals surface area contributed by atoms with Gasteiger partial charge in [0, 0.05) is 65.3 Å². The van der Waals surface area contributed by atoms with Crippen molar-refractivity contribution >= 4 is 11.9 Å². The predicted octanol–water partition coefficient (Wildman–Crippen LogP) is 1.30. The first-order chi connectivity index (χ1) is 13.6. The van der Waals surface area contributed by atoms with Crippen LogP contribution in [0.15, 0.2) is 30.7 Å². The molecule has 150 valence electrons. The van der Waals surface area contributed by atoms with Crippen molar-refractivity contribution in [1.29, 1.82) is 0 Å². The van der Waals surface area contributed by atoms with E-state index in [-0.39, 0.29) is 11.8 Å². The molecule has 1 atom stereocenters. The normalized spacial score (nSPS) is 16.9. The van der Waals surface area contributed by atoms with E-state index in [0.717, 1.165) is 31.7 Å². The summed E-state index contributed by atoms with van der Waals surface area (Å²) in [5.74, 6) is 0.666. The molecule has 1 unspecified atom stereocenters. The van der Waals surface area contributed by atoms with Gasteiger partial charge in [-0.2, -0.15) is 0 Å². The van der Waals surface area contributed by atoms with Gasteiger partial charge in [-0.3, -0.25) is 14.7 Å². The number of nitrogens with zero attached hydrogens (tertiary/aromatic N) is 5. The highest BCUT2D eigenvalue weighted by atomic mass is 16.5. The van der Waals surface area contributed by atoms with Gasteiger partial charge in [-0.15, -0.1) is 0 Å². The Labute approximate surface area is 166 Å². The molecular weight excluding hydrogens is 356 g/mol. The molecule has 0 aromatic carbocycles. The van der Waals surface area contributed by atoms with Crippen molar-refractivity contribution in [3.8, 4) is 0 Å². The highest BCUT2D eigenvalue weighted by Crippen LogP contribution is 2.30. The molecule has 0 saturated carbocycles. The fourth-order valence-electron chi connectivity index (χ4n) is 3.40. The number of aromatic nitrogens is 3. The fourth-order valence-corrected chi connectivity index (χ4v) is 3.40. The number of carbonyl (C=O) groups is 1. The van der Waals surface area contributed by atoms with Crippen molar-refractivity contribution in [3.05, 3.63) is 47.5 Å². The number of anilines is 1. The average molecular weight is 384 g/mol. The monoisotopic (exact) mass is 384 g/mol. The molecule has 0 radical (unpaired) electrons. The largest absolute Gasteiger partial charge is 0.383 e. The minimum absolute atomic E-state index is 0.150. The Hall–Kier alpha value is -2.58. The number of likely N-dealkylation sites (tertiary alicyclic amines) is 1. The summed E-state index contributed by atoms with van der Waals surface area (Å²) in [6, 6.07) is 4.04. The second-order valence-electron chi connectivity index (χ2n) is 7.19. The van der Waals surface area contributed by atoms with Crippen LogP contribution in [-0.2, 0) is 11.3 Å². The van der Waals surface area contributed by atoms with E-state index in [1.165, 1.54) is 5.56 Å². The van der Waals surface area contributed by atoms with Crippen LogP contribution in [0.1, 0.15) is 34.0 Å². The van der Waals surface area contributed by atoms with E-state index in [2.05, 4.69) is 26.3 Å². The second kappa shape index (κ2) is 9.57. The Morgan fingerprint density at radius 1 is 1.39 bits per heavy atom. The summed E-state index contributed by atoms with van der Waals surface area (Å²) < 4.78 is 5.01. The van der Waals surface area contributed by atoms with Crippen molar-refractivity contribution < 1.29 is 9.53 Å². The van der Waals surface area contributed by atoms with Crippen molar-refractivity contribution in [3.63, 3.8) is 0 Å². The number of pyridine rings is 1. The molecule has 0 spiro atoms. The maximum absolute atomic E-state index is 12.7. The maximum Gasteiger partial charge on any atom is 0.254 e. The Bertz CT molecular complexity index is 784. The zero-order valence-corrected chi connectivity index (χ0v) is 16.8. The third-order valence-electron chi connectivity index (χ3n) is 4.83. The van der Waals surface area contributed by atoms with Crippen LogP contribution in [0, 0.1) is 0 Å². The quantitative estimate of drug-likeness (QED) is 0.687. The predicted molar refractivity (Wildman–Crippen MR) is 107 cm³/mol. The summed E-state index contributed by atoms with van der Waals surface area (Å²) in [5, 5.41) is 2.88. The zero-order chi connectivity index (χ0) is 19.9. The highest BCUT2D eigenvalue weighted by molar-refractivity contribution is 5.95. The number of nitrogens with one attached hydrogen (secondary N) is 1. The number of rotatable bonds is 8. The van der Waals surface area contributed by atoms with Crippen LogP contribution in [-0.4, -0.2) is 73.2 Å². The minimum Gasteiger partial charge on any atom is -0.383 e. The van der Waals surface area contributed by atoms with E-state index >= 15 is 0 Å². The first-order valence-corrected chi connectivity index (χ1v) is 9.51. The molecule has 1 amide bonds. The number of carbonyl (C=O) groups excluding carboxylic acids is 1. The van der Waals surface area contributed by atoms with Gasteiger partial charge in [0.1, 0.15) is 0 Å². The second-order valence-corrected chi connectivity index (χ2v) is 7.19. The van der Waals surface area contributed by atoms with Crippen LogP contribution in [0.25, 0.3) is 0 Å². The van der Waals surface area contributed by atoms with Crippen LogP contribution < -0.4 is 10.2 Å². The molecule has 8 heteroatoms. The standard InChI is InChI=1S/C20H28N6O2/c1-25(2)20-23-12-17(19(27)22-8-10-28-3)18(24-20)16-6-9-26(14-16)13-15-5-4-7-21-11-15/h4-5,7,11-12,16H,6,8-10,13-14H2,1-3H3,(H,22,27). The third kappa shape index (κ3) is 5.02. The lowest BCUT2D eigenvalue weighted by molar-refractivity contribution is 0.0934. The van der Waals surface area contributed by atoms with E-state index in [9.17, 15) is 4.79 Å². The Morgan fingerprint density at radius 2 is 2.25 bits per heavy atom. The molecule has 3 rings (SSSR count). The Morgan fingerprint density at radius 3 is 2.96 bits per heavy atom. The van der Waals surface area contributed by atoms with Crippen molar-refractivity contribution in [2.45, 2.75) is 18.9 Å². The van der Waals surface area contributed by atoms with Crippen LogP contribution in [0.3, 0.4) is 0 Å². The molecule has 2 aromatic rings. The number of methoxy groups -OCH3 is 1. The molecule has 28 heavy (non-hydrogen) atoms. The molecule has 3 heterocycles. The lowest BCUT2D eigenvalue weighted by Gasteiger charge is -2.19. The molecule has 1 saturated heterocycles. The lowest BCUT2D eigenvalue weighted by Crippen LogP contribution is -2.29. The Balaban J connectivity index is 1.77. The highest BCUT2D eigenvalue weighted by Gasteiger charge is 2.29. The number of hydrogen-bond donors (Lipinski definition) is 1. The number of hydrogen-bond acceptors (Lipinski definition) is 7. The number of ether oxygens (including phenoxy) is 1. The molecule has 1 aliphatic rings. The van der Waals surface area contributed by atoms with Crippen LogP contribution in [0.2, 0.25) is 0 Å². The third-order valence-corrected chi connectivity index (χ3v) is 4.83. The molecule has 8 nitrogen and oxygen atoms in total. The van der Waals surface area contributed by atoms with Crippen LogP contribution in [0.5, 0.6) is 0 Å². The molecule has 2 aromatic heterocycles. The molecule has 1 aliphatic heterocycles. The minimum atomic E-state index is -0.150. The fraction of sp³-hybridized carbons (Fsp3) is 0.500. The van der Waals surface area contributed by atoms with Gasteiger partial charge in [-0.1, -0.05) is 6.07 Å². The van der Waals surface area contributed by atoms with Gasteiger partial charge in [0.2, 0.25) is 5.95 Å². The zero-order valence-electron chi connectivity index (χ0n) is 16.8. The van der Waals surface area contributed by atoms with E-state index in [0.29, 0.717) is 24.7 Å². The summed E-state index contributed by atoms with van der Waals surface area (Å²) in [6.07, 6.45) is 6.29. The smallest absolute Gasteiger partial charge is 0.254 e. The molecule has 0 aliphatic carbocycles. The van der Waals surface area contributed by atoms with Crippen LogP contribution >= 0.6 is 0 Å². The lowest BCUT2D eigenvalue weighted by atomic mass is 9.99. The summed E-state index contributed by atoms with van der Waals surface area (Å²) in [5.41, 5.74) is 2.56. The van der Waals surface area contributed by atoms with Gasteiger partial charge in [0.15, 0.2) is 0 Å². The maximum atomic E-state index is 12.7. The van der Waals surface area contributed by atoms with Gasteiger partial charge in [-0.05, 0) is 24.6 Å². The summed E-state index contributed by atoms with van der Waals surface area (Å²) >= 11 is 0. The van der Waals surface area contributed by atoms with Gasteiger partial charge in [0.05, 0.1) is 17.9 Å². The van der Waals surface area contributed by atoms with E-state index in [4.69, 9.17) is 9.72 Å². The first kappa shape index (κ1) is 20.2. The van der Waals surface area contributed by atoms with Crippen molar-refractivity contribution in [1.82, 2.24) is 25.2 Å². The van der Waals surface area contributed by atoms with E-state index in [1.807, 2.05) is 31.3 Å². The van der Waals surface area contributed by atoms with Gasteiger partial charge in [0.25, 0.3) is 5.91 Å². The Kier molecular flexibility index (Phi) is 6.89. The van der Waals surface area contributed by atoms with Crippen molar-refractivity contribution in [2.24, 2.45) is 0 Å².